The molecule has 0 heterocycles. The van der Waals surface area contributed by atoms with E-state index >= 15 is 0 Å². The largest absolute Gasteiger partial charge is 0.0654 e. The van der Waals surface area contributed by atoms with Crippen molar-refractivity contribution < 1.29 is 0 Å². The third-order valence-corrected chi connectivity index (χ3v) is 17.5. The highest BCUT2D eigenvalue weighted by molar-refractivity contribution is 5.27. The van der Waals surface area contributed by atoms with Crippen LogP contribution in [0.3, 0.4) is 0 Å². The fourth-order valence-electron chi connectivity index (χ4n) is 12.3. The van der Waals surface area contributed by atoms with Crippen molar-refractivity contribution in [3.8, 4) is 0 Å². The van der Waals surface area contributed by atoms with E-state index < -0.39 is 0 Å². The summed E-state index contributed by atoms with van der Waals surface area (Å²) in [5.74, 6) is 0.667. The molecular formula is C75H135. The highest BCUT2D eigenvalue weighted by Gasteiger charge is 2.12. The molecule has 2 rings (SSSR count). The second-order valence-electron chi connectivity index (χ2n) is 25.0. The summed E-state index contributed by atoms with van der Waals surface area (Å²) < 4.78 is 0. The first-order valence-corrected chi connectivity index (χ1v) is 35.2. The fourth-order valence-corrected chi connectivity index (χ4v) is 12.3. The second kappa shape index (κ2) is 57.1. The molecule has 0 saturated carbocycles. The number of hydrogen-bond donors (Lipinski definition) is 0. The highest BCUT2D eigenvalue weighted by atomic mass is 14.2. The average Bonchev–Trinajstić information content (AvgIpc) is 3.42. The Morgan fingerprint density at radius 1 is 0.253 bits per heavy atom. The Morgan fingerprint density at radius 3 is 0.773 bits per heavy atom. The summed E-state index contributed by atoms with van der Waals surface area (Å²) in [6, 6.07) is 19.5. The lowest BCUT2D eigenvalue weighted by atomic mass is 9.87. The minimum atomic E-state index is 0.667. The molecule has 0 aliphatic carbocycles. The van der Waals surface area contributed by atoms with Gasteiger partial charge in [0.05, 0.1) is 0 Å². The first kappa shape index (κ1) is 69.5. The zero-order chi connectivity index (χ0) is 53.3. The zero-order valence-electron chi connectivity index (χ0n) is 51.8. The number of rotatable bonds is 61. The molecule has 0 heteroatoms. The quantitative estimate of drug-likeness (QED) is 0.0579. The van der Waals surface area contributed by atoms with E-state index in [1.165, 1.54) is 372 Å². The third kappa shape index (κ3) is 48.1. The molecular weight excluding hydrogens is 901 g/mol. The Balaban J connectivity index is 1.67. The SMILES string of the molecule is CCCCCCCCCCCCCCCCCCCCCC([CH]Cc1cccc(CCCCCCCCCCCCCCCCCCC)c1)Cc1cccc(CCCCCCCCCCCCCCCCCCC)c1. The molecule has 0 N–H and O–H groups in total. The molecule has 0 amide bonds. The van der Waals surface area contributed by atoms with Crippen molar-refractivity contribution in [3.63, 3.8) is 0 Å². The van der Waals surface area contributed by atoms with Gasteiger partial charge in [-0.15, -0.1) is 0 Å². The predicted octanol–water partition coefficient (Wildman–Crippen LogP) is 26.5. The van der Waals surface area contributed by atoms with Gasteiger partial charge in [-0.05, 0) is 79.5 Å². The van der Waals surface area contributed by atoms with Gasteiger partial charge in [-0.1, -0.05) is 397 Å². The molecule has 0 saturated heterocycles. The van der Waals surface area contributed by atoms with Crippen molar-refractivity contribution in [2.24, 2.45) is 5.92 Å². The van der Waals surface area contributed by atoms with Crippen molar-refractivity contribution in [2.75, 3.05) is 0 Å². The lowest BCUT2D eigenvalue weighted by Gasteiger charge is -2.18. The van der Waals surface area contributed by atoms with Crippen LogP contribution in [-0.4, -0.2) is 0 Å². The highest BCUT2D eigenvalue weighted by Crippen LogP contribution is 2.25. The maximum Gasteiger partial charge on any atom is -0.0245 e. The molecule has 75 heavy (non-hydrogen) atoms. The van der Waals surface area contributed by atoms with E-state index in [4.69, 9.17) is 0 Å². The van der Waals surface area contributed by atoms with Gasteiger partial charge in [-0.2, -0.15) is 0 Å². The minimum Gasteiger partial charge on any atom is -0.0654 e. The molecule has 0 aromatic heterocycles. The van der Waals surface area contributed by atoms with Crippen LogP contribution in [-0.2, 0) is 25.7 Å². The molecule has 1 atom stereocenters. The van der Waals surface area contributed by atoms with Crippen LogP contribution in [0.15, 0.2) is 48.5 Å². The van der Waals surface area contributed by atoms with Crippen LogP contribution in [0.1, 0.15) is 390 Å². The Morgan fingerprint density at radius 2 is 0.480 bits per heavy atom. The summed E-state index contributed by atoms with van der Waals surface area (Å²) in [6.07, 6.45) is 85.6. The Hall–Kier alpha value is -1.56. The van der Waals surface area contributed by atoms with E-state index in [-0.39, 0.29) is 0 Å². The van der Waals surface area contributed by atoms with Crippen LogP contribution in [0.2, 0.25) is 0 Å². The van der Waals surface area contributed by atoms with Crippen molar-refractivity contribution in [1.82, 2.24) is 0 Å². The minimum absolute atomic E-state index is 0.667. The van der Waals surface area contributed by atoms with Crippen LogP contribution >= 0.6 is 0 Å². The first-order valence-electron chi connectivity index (χ1n) is 35.2. The molecule has 0 spiro atoms. The molecule has 435 valence electrons. The molecule has 0 nitrogen and oxygen atoms in total. The van der Waals surface area contributed by atoms with Gasteiger partial charge in [0, 0.05) is 0 Å². The number of hydrogen-bond acceptors (Lipinski definition) is 0. The summed E-state index contributed by atoms with van der Waals surface area (Å²) in [4.78, 5) is 0. The lowest BCUT2D eigenvalue weighted by molar-refractivity contribution is 0.482. The van der Waals surface area contributed by atoms with Crippen LogP contribution in [0.5, 0.6) is 0 Å². The monoisotopic (exact) mass is 1040 g/mol. The first-order chi connectivity index (χ1) is 37.2. The molecule has 1 unspecified atom stereocenters. The summed E-state index contributed by atoms with van der Waals surface area (Å²) in [7, 11) is 0. The maximum absolute atomic E-state index is 2.73. The maximum atomic E-state index is 2.73. The van der Waals surface area contributed by atoms with Crippen molar-refractivity contribution in [3.05, 3.63) is 77.2 Å². The van der Waals surface area contributed by atoms with Crippen LogP contribution in [0, 0.1) is 12.3 Å². The molecule has 0 fully saturated rings. The van der Waals surface area contributed by atoms with Gasteiger partial charge in [-0.25, -0.2) is 0 Å². The molecule has 1 radical (unpaired) electrons. The molecule has 2 aromatic rings. The normalized spacial score (nSPS) is 12.1. The van der Waals surface area contributed by atoms with E-state index in [2.05, 4.69) is 75.7 Å². The topological polar surface area (TPSA) is 0 Å². The summed E-state index contributed by atoms with van der Waals surface area (Å²) in [5.41, 5.74) is 6.25. The van der Waals surface area contributed by atoms with Gasteiger partial charge >= 0.3 is 0 Å². The Bertz CT molecular complexity index is 1390. The summed E-state index contributed by atoms with van der Waals surface area (Å²) in [5, 5.41) is 0. The van der Waals surface area contributed by atoms with Crippen molar-refractivity contribution in [2.45, 2.75) is 393 Å². The van der Waals surface area contributed by atoms with Gasteiger partial charge < -0.3 is 0 Å². The molecule has 2 aromatic carbocycles. The van der Waals surface area contributed by atoms with Gasteiger partial charge in [0.15, 0.2) is 0 Å². The van der Waals surface area contributed by atoms with E-state index in [1.807, 2.05) is 0 Å². The van der Waals surface area contributed by atoms with E-state index in [0.717, 1.165) is 6.42 Å². The van der Waals surface area contributed by atoms with Crippen molar-refractivity contribution in [1.29, 1.82) is 0 Å². The fraction of sp³-hybridized carbons (Fsp3) is 0.827. The second-order valence-corrected chi connectivity index (χ2v) is 25.0. The van der Waals surface area contributed by atoms with Gasteiger partial charge in [0.2, 0.25) is 0 Å². The third-order valence-electron chi connectivity index (χ3n) is 17.5. The van der Waals surface area contributed by atoms with Crippen LogP contribution in [0.25, 0.3) is 0 Å². The summed E-state index contributed by atoms with van der Waals surface area (Å²) >= 11 is 0. The standard InChI is InChI=1S/C75H135/c1-4-7-10-13-16-19-22-25-28-31-32-35-38-41-44-47-50-53-56-61-73(70-75-65-58-63-72(69-75)60-55-52-49-46-43-40-37-34-30-27-24-21-18-15-12-9-6-3)66-67-74-64-57-62-71(68-74)59-54-51-48-45-42-39-36-33-29-26-23-20-17-14-11-8-5-2/h57-58,62-66,68-69,73H,4-56,59-61,67,70H2,1-3H3. The summed E-state index contributed by atoms with van der Waals surface area (Å²) in [6.45, 7) is 6.95. The number of aryl methyl sites for hydroxylation is 2. The lowest BCUT2D eigenvalue weighted by Crippen LogP contribution is -2.08. The van der Waals surface area contributed by atoms with Gasteiger partial charge in [0.25, 0.3) is 0 Å². The number of benzene rings is 2. The Labute approximate surface area is 473 Å². The van der Waals surface area contributed by atoms with E-state index in [0.29, 0.717) is 5.92 Å². The van der Waals surface area contributed by atoms with Crippen molar-refractivity contribution >= 4 is 0 Å². The molecule has 0 aliphatic rings. The zero-order valence-corrected chi connectivity index (χ0v) is 51.8. The van der Waals surface area contributed by atoms with E-state index in [1.54, 1.807) is 16.7 Å². The van der Waals surface area contributed by atoms with Crippen LogP contribution < -0.4 is 0 Å². The molecule has 0 aliphatic heterocycles. The van der Waals surface area contributed by atoms with E-state index in [9.17, 15) is 0 Å². The Kier molecular flexibility index (Phi) is 53.0. The predicted molar refractivity (Wildman–Crippen MR) is 342 cm³/mol. The smallest absolute Gasteiger partial charge is 0.0245 e. The molecule has 0 bridgehead atoms. The average molecular weight is 1040 g/mol. The van der Waals surface area contributed by atoms with Gasteiger partial charge in [-0.3, -0.25) is 0 Å². The number of unbranched alkanes of at least 4 members (excludes halogenated alkanes) is 50. The van der Waals surface area contributed by atoms with Gasteiger partial charge in [0.1, 0.15) is 0 Å². The van der Waals surface area contributed by atoms with Crippen LogP contribution in [0.4, 0.5) is 0 Å².